The molecule has 0 heterocycles. The Hall–Kier alpha value is -0.0656. The van der Waals surface area contributed by atoms with Gasteiger partial charge in [0.15, 0.2) is 0 Å². The van der Waals surface area contributed by atoms with Gasteiger partial charge < -0.3 is 19.1 Å². The maximum Gasteiger partial charge on any atom is 0.219 e. The molecule has 0 unspecified atom stereocenters. The number of nitrogens with zero attached hydrogens (tertiary/aromatic N) is 1. The molecule has 6 heteroatoms. The smallest absolute Gasteiger partial charge is 0.219 e. The second kappa shape index (κ2) is 29.0. The van der Waals surface area contributed by atoms with Crippen LogP contribution in [0, 0.1) is 0 Å². The molecule has 0 aliphatic rings. The molecule has 0 fully saturated rings. The number of amides is 1. The maximum absolute atomic E-state index is 10.9. The third kappa shape index (κ3) is 28.1. The van der Waals surface area contributed by atoms with E-state index in [4.69, 9.17) is 14.2 Å². The van der Waals surface area contributed by atoms with Gasteiger partial charge in [0.1, 0.15) is 0 Å². The van der Waals surface area contributed by atoms with Crippen molar-refractivity contribution in [1.82, 2.24) is 4.90 Å². The van der Waals surface area contributed by atoms with Crippen LogP contribution in [0.25, 0.3) is 0 Å². The van der Waals surface area contributed by atoms with E-state index in [-0.39, 0.29) is 24.5 Å². The van der Waals surface area contributed by atoms with Gasteiger partial charge in [0.2, 0.25) is 5.91 Å². The van der Waals surface area contributed by atoms with Gasteiger partial charge in [0, 0.05) is 45.7 Å². The maximum atomic E-state index is 10.9. The van der Waals surface area contributed by atoms with Crippen molar-refractivity contribution in [2.75, 3.05) is 53.2 Å². The molecule has 1 radical (unpaired) electrons. The Morgan fingerprint density at radius 3 is 1.55 bits per heavy atom. The van der Waals surface area contributed by atoms with Crippen molar-refractivity contribution in [2.24, 2.45) is 0 Å². The molecule has 0 aromatic rings. The quantitative estimate of drug-likeness (QED) is 0.533. The van der Waals surface area contributed by atoms with Crippen LogP contribution in [0.1, 0.15) is 48.0 Å². The van der Waals surface area contributed by atoms with E-state index in [0.29, 0.717) is 39.6 Å². The average Bonchev–Trinajstić information content (AvgIpc) is 2.52. The fraction of sp³-hybridized carbons (Fsp3) is 0.938. The molecular formula is C16H37NO4V. The molecule has 0 aromatic carbocycles. The predicted molar refractivity (Wildman–Crippen MR) is 88.8 cm³/mol. The number of rotatable bonds is 11. The van der Waals surface area contributed by atoms with Crippen molar-refractivity contribution < 1.29 is 37.6 Å². The summed E-state index contributed by atoms with van der Waals surface area (Å²) in [5.74, 6) is 0.0536. The number of hydrogen-bond donors (Lipinski definition) is 0. The van der Waals surface area contributed by atoms with Crippen LogP contribution in [0.5, 0.6) is 0 Å². The zero-order valence-electron chi connectivity index (χ0n) is 15.7. The molecule has 5 nitrogen and oxygen atoms in total. The second-order valence-corrected chi connectivity index (χ2v) is 3.78. The van der Waals surface area contributed by atoms with E-state index in [9.17, 15) is 4.79 Å². The molecule has 22 heavy (non-hydrogen) atoms. The Kier molecular flexibility index (Phi) is 39.4. The minimum Gasteiger partial charge on any atom is -0.379 e. The number of carbonyl (C=O) groups excluding carboxylic acids is 1. The summed E-state index contributed by atoms with van der Waals surface area (Å²) < 4.78 is 15.9. The fourth-order valence-electron chi connectivity index (χ4n) is 1.05. The molecule has 0 bridgehead atoms. The standard InChI is InChI=1S/C12H25NO4.2C2H6.V/c1-4-6-15-8-10-17-11-9-16-7-5-13(3)12(2)14;2*1-2;/h4-11H2,1-3H3;2*1-2H3;. The average molecular weight is 358 g/mol. The molecule has 0 N–H and O–H groups in total. The largest absolute Gasteiger partial charge is 0.379 e. The van der Waals surface area contributed by atoms with Crippen molar-refractivity contribution in [1.29, 1.82) is 0 Å². The Labute approximate surface area is 149 Å². The second-order valence-electron chi connectivity index (χ2n) is 3.78. The van der Waals surface area contributed by atoms with Crippen LogP contribution in [-0.2, 0) is 37.6 Å². The van der Waals surface area contributed by atoms with Gasteiger partial charge in [0.05, 0.1) is 33.0 Å². The van der Waals surface area contributed by atoms with Crippen molar-refractivity contribution in [2.45, 2.75) is 48.0 Å². The summed E-state index contributed by atoms with van der Waals surface area (Å²) in [5, 5.41) is 0. The van der Waals surface area contributed by atoms with Gasteiger partial charge in [-0.15, -0.1) is 0 Å². The van der Waals surface area contributed by atoms with Crippen molar-refractivity contribution in [3.05, 3.63) is 0 Å². The molecule has 0 aliphatic heterocycles. The van der Waals surface area contributed by atoms with E-state index in [2.05, 4.69) is 6.92 Å². The minimum absolute atomic E-state index is 0. The topological polar surface area (TPSA) is 48.0 Å². The molecule has 1 amide bonds. The van der Waals surface area contributed by atoms with Gasteiger partial charge in [-0.3, -0.25) is 4.79 Å². The summed E-state index contributed by atoms with van der Waals surface area (Å²) in [7, 11) is 1.76. The molecule has 0 aromatic heterocycles. The van der Waals surface area contributed by atoms with Crippen molar-refractivity contribution in [3.8, 4) is 0 Å². The molecule has 0 saturated heterocycles. The van der Waals surface area contributed by atoms with Gasteiger partial charge >= 0.3 is 0 Å². The third-order valence-electron chi connectivity index (χ3n) is 2.20. The Bertz CT molecular complexity index is 195. The molecule has 0 spiro atoms. The van der Waals surface area contributed by atoms with Gasteiger partial charge in [-0.25, -0.2) is 0 Å². The SMILES string of the molecule is CC.CC.CCCOCCOCCOCCN(C)C(C)=O.[V]. The monoisotopic (exact) mass is 358 g/mol. The first-order valence-corrected chi connectivity index (χ1v) is 8.13. The van der Waals surface area contributed by atoms with Crippen LogP contribution in [0.3, 0.4) is 0 Å². The minimum atomic E-state index is 0. The summed E-state index contributed by atoms with van der Waals surface area (Å²) in [6.45, 7) is 15.9. The van der Waals surface area contributed by atoms with Crippen LogP contribution in [0.2, 0.25) is 0 Å². The Balaban J connectivity index is -0.000000297. The van der Waals surface area contributed by atoms with Crippen LogP contribution in [0.4, 0.5) is 0 Å². The molecular weight excluding hydrogens is 321 g/mol. The molecule has 135 valence electrons. The summed E-state index contributed by atoms with van der Waals surface area (Å²) >= 11 is 0. The summed E-state index contributed by atoms with van der Waals surface area (Å²) in [6, 6.07) is 0. The first kappa shape index (κ1) is 29.9. The van der Waals surface area contributed by atoms with Crippen LogP contribution in [-0.4, -0.2) is 64.0 Å². The zero-order chi connectivity index (χ0) is 16.9. The van der Waals surface area contributed by atoms with E-state index >= 15 is 0 Å². The van der Waals surface area contributed by atoms with Crippen LogP contribution < -0.4 is 0 Å². The summed E-state index contributed by atoms with van der Waals surface area (Å²) in [6.07, 6.45) is 1.03. The first-order valence-electron chi connectivity index (χ1n) is 8.13. The summed E-state index contributed by atoms with van der Waals surface area (Å²) in [4.78, 5) is 12.5. The van der Waals surface area contributed by atoms with E-state index in [1.54, 1.807) is 18.9 Å². The van der Waals surface area contributed by atoms with Gasteiger partial charge in [-0.2, -0.15) is 0 Å². The Morgan fingerprint density at radius 2 is 1.18 bits per heavy atom. The van der Waals surface area contributed by atoms with Crippen molar-refractivity contribution >= 4 is 5.91 Å². The fourth-order valence-corrected chi connectivity index (χ4v) is 1.05. The molecule has 0 rings (SSSR count). The van der Waals surface area contributed by atoms with Gasteiger partial charge in [-0.1, -0.05) is 34.6 Å². The number of carbonyl (C=O) groups is 1. The number of likely N-dealkylation sites (N-methyl/N-ethyl adjacent to an activating group) is 1. The first-order chi connectivity index (χ1) is 10.2. The van der Waals surface area contributed by atoms with E-state index in [0.717, 1.165) is 13.0 Å². The van der Waals surface area contributed by atoms with Crippen LogP contribution >= 0.6 is 0 Å². The Morgan fingerprint density at radius 1 is 0.818 bits per heavy atom. The molecule has 0 atom stereocenters. The van der Waals surface area contributed by atoms with Gasteiger partial charge in [-0.05, 0) is 6.42 Å². The molecule has 0 aliphatic carbocycles. The van der Waals surface area contributed by atoms with E-state index in [1.165, 1.54) is 0 Å². The van der Waals surface area contributed by atoms with Crippen molar-refractivity contribution in [3.63, 3.8) is 0 Å². The predicted octanol–water partition coefficient (Wildman–Crippen LogP) is 2.97. The normalized spacial score (nSPS) is 8.68. The number of hydrogen-bond acceptors (Lipinski definition) is 4. The summed E-state index contributed by atoms with van der Waals surface area (Å²) in [5.41, 5.74) is 0. The van der Waals surface area contributed by atoms with E-state index < -0.39 is 0 Å². The van der Waals surface area contributed by atoms with Crippen LogP contribution in [0.15, 0.2) is 0 Å². The van der Waals surface area contributed by atoms with E-state index in [1.807, 2.05) is 27.7 Å². The third-order valence-corrected chi connectivity index (χ3v) is 2.20. The van der Waals surface area contributed by atoms with Gasteiger partial charge in [0.25, 0.3) is 0 Å². The molecule has 0 saturated carbocycles. The zero-order valence-corrected chi connectivity index (χ0v) is 17.1. The number of ether oxygens (including phenoxy) is 3.